The van der Waals surface area contributed by atoms with Gasteiger partial charge in [-0.25, -0.2) is 9.18 Å². The smallest absolute Gasteiger partial charge is 0.407 e. The zero-order valence-electron chi connectivity index (χ0n) is 11.9. The molecular formula is C14H20BrFN2O2. The minimum Gasteiger partial charge on any atom is -0.444 e. The van der Waals surface area contributed by atoms with Crippen molar-refractivity contribution >= 4 is 22.0 Å². The van der Waals surface area contributed by atoms with E-state index in [-0.39, 0.29) is 24.8 Å². The van der Waals surface area contributed by atoms with Crippen LogP contribution in [0.2, 0.25) is 0 Å². The summed E-state index contributed by atoms with van der Waals surface area (Å²) in [5.41, 5.74) is 5.57. The minimum absolute atomic E-state index is 0.221. The number of alkyl carbamates (subject to hydrolysis) is 1. The first-order valence-electron chi connectivity index (χ1n) is 6.35. The Bertz CT molecular complexity index is 475. The predicted molar refractivity (Wildman–Crippen MR) is 80.1 cm³/mol. The molecule has 20 heavy (non-hydrogen) atoms. The van der Waals surface area contributed by atoms with Gasteiger partial charge in [-0.1, -0.05) is 12.1 Å². The lowest BCUT2D eigenvalue weighted by molar-refractivity contribution is 0.0524. The molecule has 0 saturated heterocycles. The molecule has 1 aromatic rings. The van der Waals surface area contributed by atoms with Crippen molar-refractivity contribution in [2.45, 2.75) is 32.3 Å². The van der Waals surface area contributed by atoms with Crippen LogP contribution in [0.15, 0.2) is 22.7 Å². The van der Waals surface area contributed by atoms with Crippen molar-refractivity contribution < 1.29 is 13.9 Å². The van der Waals surface area contributed by atoms with Crippen LogP contribution in [0.1, 0.15) is 32.3 Å². The lowest BCUT2D eigenvalue weighted by Gasteiger charge is -2.22. The first kappa shape index (κ1) is 16.9. The van der Waals surface area contributed by atoms with E-state index in [4.69, 9.17) is 10.5 Å². The van der Waals surface area contributed by atoms with E-state index in [1.807, 2.05) is 0 Å². The SMILES string of the molecule is CC(C)(C)OC(=O)NCC(CN)c1cccc(Br)c1F. The molecule has 0 heterocycles. The van der Waals surface area contributed by atoms with Crippen molar-refractivity contribution in [2.75, 3.05) is 13.1 Å². The van der Waals surface area contributed by atoms with Crippen LogP contribution in [-0.4, -0.2) is 24.8 Å². The first-order chi connectivity index (χ1) is 9.24. The summed E-state index contributed by atoms with van der Waals surface area (Å²) in [6.45, 7) is 5.78. The largest absolute Gasteiger partial charge is 0.444 e. The number of nitrogens with two attached hydrogens (primary N) is 1. The summed E-state index contributed by atoms with van der Waals surface area (Å²) in [4.78, 5) is 11.6. The van der Waals surface area contributed by atoms with Crippen LogP contribution in [0.4, 0.5) is 9.18 Å². The molecule has 6 heteroatoms. The topological polar surface area (TPSA) is 64.3 Å². The Morgan fingerprint density at radius 3 is 2.70 bits per heavy atom. The molecule has 0 spiro atoms. The molecular weight excluding hydrogens is 327 g/mol. The number of hydrogen-bond donors (Lipinski definition) is 2. The number of carbonyl (C=O) groups is 1. The maximum Gasteiger partial charge on any atom is 0.407 e. The number of benzene rings is 1. The molecule has 112 valence electrons. The van der Waals surface area contributed by atoms with E-state index in [1.165, 1.54) is 0 Å². The predicted octanol–water partition coefficient (Wildman–Crippen LogP) is 3.16. The van der Waals surface area contributed by atoms with E-state index in [9.17, 15) is 9.18 Å². The molecule has 0 aliphatic rings. The Balaban J connectivity index is 2.69. The fraction of sp³-hybridized carbons (Fsp3) is 0.500. The van der Waals surface area contributed by atoms with Gasteiger partial charge >= 0.3 is 6.09 Å². The molecule has 0 bridgehead atoms. The molecule has 1 amide bonds. The van der Waals surface area contributed by atoms with Crippen molar-refractivity contribution in [1.82, 2.24) is 5.32 Å². The Labute approximate surface area is 127 Å². The quantitative estimate of drug-likeness (QED) is 0.879. The molecule has 0 fully saturated rings. The lowest BCUT2D eigenvalue weighted by atomic mass is 9.99. The van der Waals surface area contributed by atoms with Gasteiger partial charge in [0, 0.05) is 19.0 Å². The van der Waals surface area contributed by atoms with Crippen LogP contribution in [0.25, 0.3) is 0 Å². The van der Waals surface area contributed by atoms with Gasteiger partial charge in [-0.3, -0.25) is 0 Å². The van der Waals surface area contributed by atoms with Crippen LogP contribution in [0, 0.1) is 5.82 Å². The summed E-state index contributed by atoms with van der Waals surface area (Å²) in [7, 11) is 0. The normalized spacial score (nSPS) is 12.9. The number of carbonyl (C=O) groups excluding carboxylic acids is 1. The highest BCUT2D eigenvalue weighted by Crippen LogP contribution is 2.24. The first-order valence-corrected chi connectivity index (χ1v) is 7.14. The van der Waals surface area contributed by atoms with E-state index in [0.717, 1.165) is 0 Å². The standard InChI is InChI=1S/C14H20BrFN2O2/c1-14(2,3)20-13(19)18-8-9(7-17)10-5-4-6-11(15)12(10)16/h4-6,9H,7-8,17H2,1-3H3,(H,18,19). The number of ether oxygens (including phenoxy) is 1. The molecule has 1 unspecified atom stereocenters. The molecule has 1 atom stereocenters. The van der Waals surface area contributed by atoms with Crippen LogP contribution >= 0.6 is 15.9 Å². The van der Waals surface area contributed by atoms with Crippen LogP contribution in [-0.2, 0) is 4.74 Å². The Hall–Kier alpha value is -1.14. The van der Waals surface area contributed by atoms with E-state index in [2.05, 4.69) is 21.2 Å². The number of rotatable bonds is 4. The van der Waals surface area contributed by atoms with Gasteiger partial charge in [0.05, 0.1) is 4.47 Å². The van der Waals surface area contributed by atoms with Crippen molar-refractivity contribution in [3.8, 4) is 0 Å². The number of nitrogens with one attached hydrogen (secondary N) is 1. The zero-order valence-corrected chi connectivity index (χ0v) is 13.5. The molecule has 0 radical (unpaired) electrons. The van der Waals surface area contributed by atoms with Crippen molar-refractivity contribution in [3.05, 3.63) is 34.1 Å². The van der Waals surface area contributed by atoms with Gasteiger partial charge in [0.2, 0.25) is 0 Å². The summed E-state index contributed by atoms with van der Waals surface area (Å²) in [5.74, 6) is -0.658. The van der Waals surface area contributed by atoms with Gasteiger partial charge in [0.1, 0.15) is 11.4 Å². The maximum absolute atomic E-state index is 14.0. The molecule has 0 aliphatic heterocycles. The van der Waals surface area contributed by atoms with Crippen LogP contribution < -0.4 is 11.1 Å². The van der Waals surface area contributed by atoms with Crippen molar-refractivity contribution in [1.29, 1.82) is 0 Å². The molecule has 0 aromatic heterocycles. The maximum atomic E-state index is 14.0. The van der Waals surface area contributed by atoms with Gasteiger partial charge in [0.15, 0.2) is 0 Å². The molecule has 0 saturated carbocycles. The Morgan fingerprint density at radius 1 is 1.50 bits per heavy atom. The highest BCUT2D eigenvalue weighted by atomic mass is 79.9. The molecule has 4 nitrogen and oxygen atoms in total. The van der Waals surface area contributed by atoms with Crippen molar-refractivity contribution in [2.24, 2.45) is 5.73 Å². The molecule has 0 aliphatic carbocycles. The third kappa shape index (κ3) is 5.09. The lowest BCUT2D eigenvalue weighted by Crippen LogP contribution is -2.36. The van der Waals surface area contributed by atoms with Gasteiger partial charge in [-0.05, 0) is 48.3 Å². The van der Waals surface area contributed by atoms with Gasteiger partial charge in [-0.15, -0.1) is 0 Å². The summed E-state index contributed by atoms with van der Waals surface area (Å²) in [6, 6.07) is 5.01. The van der Waals surface area contributed by atoms with Crippen LogP contribution in [0.5, 0.6) is 0 Å². The highest BCUT2D eigenvalue weighted by molar-refractivity contribution is 9.10. The summed E-state index contributed by atoms with van der Waals surface area (Å²) in [6.07, 6.45) is -0.536. The third-order valence-corrected chi connectivity index (χ3v) is 3.21. The van der Waals surface area contributed by atoms with Gasteiger partial charge < -0.3 is 15.8 Å². The number of amides is 1. The fourth-order valence-electron chi connectivity index (χ4n) is 1.68. The average Bonchev–Trinajstić information content (AvgIpc) is 2.32. The van der Waals surface area contributed by atoms with E-state index in [1.54, 1.807) is 39.0 Å². The van der Waals surface area contributed by atoms with E-state index in [0.29, 0.717) is 10.0 Å². The van der Waals surface area contributed by atoms with Gasteiger partial charge in [-0.2, -0.15) is 0 Å². The number of halogens is 2. The number of hydrogen-bond acceptors (Lipinski definition) is 3. The van der Waals surface area contributed by atoms with Crippen LogP contribution in [0.3, 0.4) is 0 Å². The van der Waals surface area contributed by atoms with Crippen molar-refractivity contribution in [3.63, 3.8) is 0 Å². The molecule has 1 aromatic carbocycles. The summed E-state index contributed by atoms with van der Waals surface area (Å²) in [5, 5.41) is 2.61. The second-order valence-electron chi connectivity index (χ2n) is 5.46. The monoisotopic (exact) mass is 346 g/mol. The zero-order chi connectivity index (χ0) is 15.3. The van der Waals surface area contributed by atoms with E-state index < -0.39 is 11.7 Å². The third-order valence-electron chi connectivity index (χ3n) is 2.60. The Morgan fingerprint density at radius 2 is 2.15 bits per heavy atom. The fourth-order valence-corrected chi connectivity index (χ4v) is 2.06. The highest BCUT2D eigenvalue weighted by Gasteiger charge is 2.20. The van der Waals surface area contributed by atoms with Gasteiger partial charge in [0.25, 0.3) is 0 Å². The molecule has 3 N–H and O–H groups in total. The molecule has 1 rings (SSSR count). The Kier molecular flexibility index (Phi) is 5.95. The summed E-state index contributed by atoms with van der Waals surface area (Å²) < 4.78 is 19.5. The second-order valence-corrected chi connectivity index (χ2v) is 6.31. The minimum atomic E-state index is -0.566. The summed E-state index contributed by atoms with van der Waals surface area (Å²) >= 11 is 3.14. The second kappa shape index (κ2) is 7.04. The average molecular weight is 347 g/mol. The van der Waals surface area contributed by atoms with E-state index >= 15 is 0 Å².